The molecule has 0 bridgehead atoms. The third kappa shape index (κ3) is 0.827. The Labute approximate surface area is 65.7 Å². The number of imidazole rings is 1. The number of pyridine rings is 1. The van der Waals surface area contributed by atoms with Crippen LogP contribution in [-0.2, 0) is 7.05 Å². The van der Waals surface area contributed by atoms with Crippen LogP contribution in [0.5, 0.6) is 0 Å². The quantitative estimate of drug-likeness (QED) is 0.493. The van der Waals surface area contributed by atoms with E-state index in [1.165, 1.54) is 11.3 Å². The van der Waals surface area contributed by atoms with Crippen LogP contribution in [0.25, 0.3) is 5.65 Å². The van der Waals surface area contributed by atoms with Gasteiger partial charge in [-0.25, -0.2) is 8.97 Å². The van der Waals surface area contributed by atoms with E-state index in [0.29, 0.717) is 0 Å². The maximum atomic E-state index is 2.17. The second kappa shape index (κ2) is 2.09. The van der Waals surface area contributed by atoms with Gasteiger partial charge in [0.15, 0.2) is 0 Å². The number of fused-ring (bicyclic) bond motifs is 1. The van der Waals surface area contributed by atoms with Crippen LogP contribution in [0.1, 0.15) is 5.69 Å². The van der Waals surface area contributed by atoms with Gasteiger partial charge in [0.05, 0.1) is 13.2 Å². The molecule has 0 atom stereocenters. The van der Waals surface area contributed by atoms with Gasteiger partial charge < -0.3 is 0 Å². The van der Waals surface area contributed by atoms with Crippen molar-refractivity contribution in [1.29, 1.82) is 0 Å². The number of rotatable bonds is 0. The standard InChI is InChI=1S/C9H11N2/c1-8-7-10(2)9-5-3-4-6-11(8)9/h3-7H,1-2H3/q+1. The van der Waals surface area contributed by atoms with Gasteiger partial charge in [-0.1, -0.05) is 6.07 Å². The summed E-state index contributed by atoms with van der Waals surface area (Å²) >= 11 is 0. The predicted octanol–water partition coefficient (Wildman–Crippen LogP) is 1.07. The summed E-state index contributed by atoms with van der Waals surface area (Å²) in [7, 11) is 2.06. The molecule has 0 spiro atoms. The van der Waals surface area contributed by atoms with Crippen molar-refractivity contribution in [2.45, 2.75) is 6.92 Å². The van der Waals surface area contributed by atoms with E-state index >= 15 is 0 Å². The third-order valence-corrected chi connectivity index (χ3v) is 1.96. The number of hydrogen-bond donors (Lipinski definition) is 0. The summed E-state index contributed by atoms with van der Waals surface area (Å²) < 4.78 is 4.29. The van der Waals surface area contributed by atoms with Crippen molar-refractivity contribution < 1.29 is 4.57 Å². The molecule has 2 aromatic rings. The molecule has 0 unspecified atom stereocenters. The first-order valence-corrected chi connectivity index (χ1v) is 3.71. The maximum absolute atomic E-state index is 2.17. The summed E-state index contributed by atoms with van der Waals surface area (Å²) in [5.41, 5.74) is 2.49. The molecule has 0 aromatic carbocycles. The number of nitrogens with zero attached hydrogens (tertiary/aromatic N) is 2. The summed E-state index contributed by atoms with van der Waals surface area (Å²) in [6.07, 6.45) is 4.19. The lowest BCUT2D eigenvalue weighted by Crippen LogP contribution is -2.25. The highest BCUT2D eigenvalue weighted by Gasteiger charge is 2.07. The molecule has 0 fully saturated rings. The first kappa shape index (κ1) is 6.40. The Kier molecular flexibility index (Phi) is 1.22. The van der Waals surface area contributed by atoms with Gasteiger partial charge in [-0.2, -0.15) is 0 Å². The van der Waals surface area contributed by atoms with Crippen molar-refractivity contribution in [1.82, 2.24) is 4.40 Å². The highest BCUT2D eigenvalue weighted by atomic mass is 15.1. The van der Waals surface area contributed by atoms with Crippen LogP contribution >= 0.6 is 0 Å². The zero-order valence-electron chi connectivity index (χ0n) is 6.78. The molecule has 2 aromatic heterocycles. The third-order valence-electron chi connectivity index (χ3n) is 1.96. The largest absolute Gasteiger partial charge is 0.286 e. The van der Waals surface area contributed by atoms with E-state index in [-0.39, 0.29) is 0 Å². The zero-order chi connectivity index (χ0) is 7.84. The van der Waals surface area contributed by atoms with E-state index in [2.05, 4.69) is 47.5 Å². The number of aromatic nitrogens is 2. The van der Waals surface area contributed by atoms with Crippen molar-refractivity contribution in [3.8, 4) is 0 Å². The van der Waals surface area contributed by atoms with Crippen molar-refractivity contribution in [3.05, 3.63) is 36.3 Å². The lowest BCUT2D eigenvalue weighted by molar-refractivity contribution is -0.644. The smallest absolute Gasteiger partial charge is 0.233 e. The Morgan fingerprint density at radius 2 is 2.18 bits per heavy atom. The minimum absolute atomic E-state index is 1.23. The second-order valence-corrected chi connectivity index (χ2v) is 2.81. The van der Waals surface area contributed by atoms with E-state index in [1.807, 2.05) is 6.07 Å². The molecule has 0 N–H and O–H groups in total. The van der Waals surface area contributed by atoms with Crippen molar-refractivity contribution in [3.63, 3.8) is 0 Å². The van der Waals surface area contributed by atoms with E-state index in [0.717, 1.165) is 0 Å². The van der Waals surface area contributed by atoms with Gasteiger partial charge in [-0.05, 0) is 6.07 Å². The van der Waals surface area contributed by atoms with Gasteiger partial charge in [0.25, 0.3) is 5.65 Å². The van der Waals surface area contributed by atoms with Crippen molar-refractivity contribution >= 4 is 5.65 Å². The van der Waals surface area contributed by atoms with Gasteiger partial charge in [0, 0.05) is 13.0 Å². The van der Waals surface area contributed by atoms with Gasteiger partial charge in [0.2, 0.25) is 0 Å². The Balaban J connectivity index is 2.95. The Morgan fingerprint density at radius 1 is 1.36 bits per heavy atom. The minimum atomic E-state index is 1.23. The zero-order valence-corrected chi connectivity index (χ0v) is 6.78. The van der Waals surface area contributed by atoms with Crippen LogP contribution in [0.15, 0.2) is 30.6 Å². The number of hydrogen-bond acceptors (Lipinski definition) is 0. The molecule has 2 heterocycles. The Hall–Kier alpha value is -1.31. The molecule has 2 rings (SSSR count). The van der Waals surface area contributed by atoms with Crippen LogP contribution in [0.2, 0.25) is 0 Å². The maximum Gasteiger partial charge on any atom is 0.286 e. The topological polar surface area (TPSA) is 8.29 Å². The summed E-state index contributed by atoms with van der Waals surface area (Å²) in [6, 6.07) is 6.20. The lowest BCUT2D eigenvalue weighted by atomic mass is 10.4. The molecule has 0 saturated carbocycles. The normalized spacial score (nSPS) is 10.7. The Bertz CT molecular complexity index is 351. The van der Waals surface area contributed by atoms with E-state index in [9.17, 15) is 0 Å². The molecular formula is C9H11N2+. The first-order chi connectivity index (χ1) is 5.29. The molecule has 0 amide bonds. The molecule has 0 aliphatic rings. The predicted molar refractivity (Wildman–Crippen MR) is 43.3 cm³/mol. The molecule has 0 aliphatic heterocycles. The Morgan fingerprint density at radius 3 is 2.91 bits per heavy atom. The molecule has 56 valence electrons. The second-order valence-electron chi connectivity index (χ2n) is 2.81. The summed E-state index contributed by atoms with van der Waals surface area (Å²) in [6.45, 7) is 2.10. The summed E-state index contributed by atoms with van der Waals surface area (Å²) in [5.74, 6) is 0. The molecular weight excluding hydrogens is 136 g/mol. The molecule has 2 heteroatoms. The van der Waals surface area contributed by atoms with Gasteiger partial charge in [-0.3, -0.25) is 0 Å². The van der Waals surface area contributed by atoms with Crippen molar-refractivity contribution in [2.75, 3.05) is 0 Å². The fourth-order valence-electron chi connectivity index (χ4n) is 1.43. The van der Waals surface area contributed by atoms with Gasteiger partial charge in [-0.15, -0.1) is 0 Å². The summed E-state index contributed by atoms with van der Waals surface area (Å²) in [4.78, 5) is 0. The van der Waals surface area contributed by atoms with Crippen LogP contribution in [-0.4, -0.2) is 4.40 Å². The van der Waals surface area contributed by atoms with Gasteiger partial charge >= 0.3 is 0 Å². The lowest BCUT2D eigenvalue weighted by Gasteiger charge is -1.85. The fraction of sp³-hybridized carbons (Fsp3) is 0.222. The van der Waals surface area contributed by atoms with E-state index in [4.69, 9.17) is 0 Å². The van der Waals surface area contributed by atoms with Crippen LogP contribution in [0, 0.1) is 6.92 Å². The van der Waals surface area contributed by atoms with Crippen LogP contribution < -0.4 is 4.57 Å². The average molecular weight is 147 g/mol. The fourth-order valence-corrected chi connectivity index (χ4v) is 1.43. The molecule has 2 nitrogen and oxygen atoms in total. The monoisotopic (exact) mass is 147 g/mol. The highest BCUT2D eigenvalue weighted by molar-refractivity contribution is 5.33. The highest BCUT2D eigenvalue weighted by Crippen LogP contribution is 2.01. The van der Waals surface area contributed by atoms with E-state index < -0.39 is 0 Å². The minimum Gasteiger partial charge on any atom is -0.233 e. The number of aryl methyl sites for hydroxylation is 2. The molecule has 0 radical (unpaired) electrons. The van der Waals surface area contributed by atoms with Crippen LogP contribution in [0.4, 0.5) is 0 Å². The van der Waals surface area contributed by atoms with Gasteiger partial charge in [0.1, 0.15) is 11.9 Å². The molecule has 11 heavy (non-hydrogen) atoms. The SMILES string of the molecule is Cc1c[n+](C)c2ccccn12. The van der Waals surface area contributed by atoms with Crippen LogP contribution in [0.3, 0.4) is 0 Å². The molecule has 0 saturated heterocycles. The first-order valence-electron chi connectivity index (χ1n) is 3.71. The van der Waals surface area contributed by atoms with E-state index in [1.54, 1.807) is 0 Å². The average Bonchev–Trinajstić information content (AvgIpc) is 2.30. The molecule has 0 aliphatic carbocycles. The summed E-state index contributed by atoms with van der Waals surface area (Å²) in [5, 5.41) is 0. The van der Waals surface area contributed by atoms with Crippen molar-refractivity contribution in [2.24, 2.45) is 7.05 Å².